The van der Waals surface area contributed by atoms with Crippen LogP contribution in [0.4, 0.5) is 19.3 Å². The molecule has 0 spiro atoms. The molecule has 234 valence electrons. The fourth-order valence-corrected chi connectivity index (χ4v) is 6.33. The minimum atomic E-state index is -0.831. The van der Waals surface area contributed by atoms with E-state index in [1.54, 1.807) is 30.5 Å². The van der Waals surface area contributed by atoms with Gasteiger partial charge in [-0.25, -0.2) is 23.9 Å². The van der Waals surface area contributed by atoms with E-state index >= 15 is 0 Å². The lowest BCUT2D eigenvalue weighted by Crippen LogP contribution is -2.41. The summed E-state index contributed by atoms with van der Waals surface area (Å²) in [5, 5.41) is 12.5. The van der Waals surface area contributed by atoms with Crippen LogP contribution in [0, 0.1) is 11.6 Å². The maximum absolute atomic E-state index is 14.8. The van der Waals surface area contributed by atoms with Crippen LogP contribution in [0.1, 0.15) is 16.8 Å². The number of carbonyl (C=O) groups excluding carboxylic acids is 1. The summed E-state index contributed by atoms with van der Waals surface area (Å²) in [6.45, 7) is -0.569. The van der Waals surface area contributed by atoms with Gasteiger partial charge < -0.3 is 10.4 Å². The molecule has 3 N–H and O–H groups in total. The smallest absolute Gasteiger partial charge is 0.343 e. The van der Waals surface area contributed by atoms with E-state index in [9.17, 15) is 28.3 Å². The molecule has 3 aromatic heterocycles. The van der Waals surface area contributed by atoms with Crippen molar-refractivity contribution in [2.75, 3.05) is 26.1 Å². The van der Waals surface area contributed by atoms with E-state index in [1.807, 2.05) is 30.1 Å². The van der Waals surface area contributed by atoms with E-state index in [0.29, 0.717) is 28.2 Å². The standard InChI is InChI=1S/C31H30F2N6O5S/c1-37(16-21-6-3-4-13-34-21)17-23-26-28(41)38(14-15-40)31(43)39(18-22-24(32)7-5-8-25(22)33)29(26)45-27(23)19-9-11-20(12-10-19)35-30(42)36-44-2/h3-13,40H,14-18H2,1-2H3,(H2,35,36,42). The van der Waals surface area contributed by atoms with Crippen LogP contribution in [0.2, 0.25) is 0 Å². The van der Waals surface area contributed by atoms with Crippen molar-refractivity contribution < 1.29 is 23.5 Å². The van der Waals surface area contributed by atoms with Gasteiger partial charge in [-0.2, -0.15) is 0 Å². The number of hydrogen-bond acceptors (Lipinski definition) is 8. The predicted molar refractivity (Wildman–Crippen MR) is 167 cm³/mol. The van der Waals surface area contributed by atoms with Crippen molar-refractivity contribution >= 4 is 33.3 Å². The van der Waals surface area contributed by atoms with Gasteiger partial charge >= 0.3 is 11.7 Å². The Morgan fingerprint density at radius 1 is 1.00 bits per heavy atom. The van der Waals surface area contributed by atoms with E-state index in [1.165, 1.54) is 17.7 Å². The van der Waals surface area contributed by atoms with Crippen molar-refractivity contribution in [1.29, 1.82) is 0 Å². The number of pyridine rings is 1. The van der Waals surface area contributed by atoms with E-state index in [4.69, 9.17) is 0 Å². The number of nitrogens with one attached hydrogen (secondary N) is 2. The summed E-state index contributed by atoms with van der Waals surface area (Å²) < 4.78 is 31.6. The molecule has 5 rings (SSSR count). The van der Waals surface area contributed by atoms with Gasteiger partial charge in [0, 0.05) is 35.4 Å². The lowest BCUT2D eigenvalue weighted by atomic mass is 10.1. The third kappa shape index (κ3) is 6.83. The molecule has 0 fully saturated rings. The number of halogens is 2. The Hall–Kier alpha value is -4.76. The number of fused-ring (bicyclic) bond motifs is 1. The average Bonchev–Trinajstić information content (AvgIpc) is 3.38. The summed E-state index contributed by atoms with van der Waals surface area (Å²) in [5.74, 6) is -1.66. The topological polar surface area (TPSA) is 131 Å². The molecule has 3 heterocycles. The predicted octanol–water partition coefficient (Wildman–Crippen LogP) is 3.92. The highest BCUT2D eigenvalue weighted by Crippen LogP contribution is 2.38. The second-order valence-corrected chi connectivity index (χ2v) is 11.2. The van der Waals surface area contributed by atoms with Gasteiger partial charge in [0.2, 0.25) is 0 Å². The number of thiophene rings is 1. The minimum Gasteiger partial charge on any atom is -0.395 e. The summed E-state index contributed by atoms with van der Waals surface area (Å²) in [4.78, 5) is 51.3. The number of aliphatic hydroxyl groups is 1. The first-order valence-corrected chi connectivity index (χ1v) is 14.6. The minimum absolute atomic E-state index is 0.203. The summed E-state index contributed by atoms with van der Waals surface area (Å²) in [5.41, 5.74) is 2.97. The van der Waals surface area contributed by atoms with Crippen LogP contribution in [0.25, 0.3) is 20.7 Å². The number of benzene rings is 2. The Balaban J connectivity index is 1.70. The van der Waals surface area contributed by atoms with Crippen molar-refractivity contribution in [3.8, 4) is 10.4 Å². The highest BCUT2D eigenvalue weighted by Gasteiger charge is 2.25. The van der Waals surface area contributed by atoms with Gasteiger partial charge in [0.25, 0.3) is 5.56 Å². The molecule has 2 amide bonds. The fraction of sp³-hybridized carbons (Fsp3) is 0.226. The summed E-state index contributed by atoms with van der Waals surface area (Å²) in [6.07, 6.45) is 1.69. The number of nitrogens with zero attached hydrogens (tertiary/aromatic N) is 4. The second-order valence-electron chi connectivity index (χ2n) is 10.2. The van der Waals surface area contributed by atoms with Crippen LogP contribution in [-0.2, 0) is 31.0 Å². The first kappa shape index (κ1) is 31.7. The Labute approximate surface area is 259 Å². The summed E-state index contributed by atoms with van der Waals surface area (Å²) in [7, 11) is 3.17. The molecule has 14 heteroatoms. The monoisotopic (exact) mass is 636 g/mol. The molecule has 0 atom stereocenters. The van der Waals surface area contributed by atoms with Crippen LogP contribution < -0.4 is 22.0 Å². The number of hydrogen-bond donors (Lipinski definition) is 3. The number of amides is 2. The zero-order valence-corrected chi connectivity index (χ0v) is 25.2. The molecule has 5 aromatic rings. The van der Waals surface area contributed by atoms with E-state index in [0.717, 1.165) is 33.7 Å². The molecule has 0 aliphatic heterocycles. The highest BCUT2D eigenvalue weighted by molar-refractivity contribution is 7.22. The zero-order chi connectivity index (χ0) is 32.1. The Morgan fingerprint density at radius 3 is 2.38 bits per heavy atom. The lowest BCUT2D eigenvalue weighted by molar-refractivity contribution is 0.114. The third-order valence-corrected chi connectivity index (χ3v) is 8.35. The third-order valence-electron chi connectivity index (χ3n) is 7.04. The van der Waals surface area contributed by atoms with Crippen LogP contribution in [-0.4, -0.2) is 50.9 Å². The number of hydroxylamine groups is 1. The molecular formula is C31H30F2N6O5S. The molecular weight excluding hydrogens is 606 g/mol. The Bertz CT molecular complexity index is 1920. The molecule has 0 aliphatic carbocycles. The molecule has 0 aliphatic rings. The maximum Gasteiger partial charge on any atom is 0.343 e. The van der Waals surface area contributed by atoms with Gasteiger partial charge in [-0.1, -0.05) is 24.3 Å². The lowest BCUT2D eigenvalue weighted by Gasteiger charge is -2.18. The molecule has 2 aromatic carbocycles. The van der Waals surface area contributed by atoms with E-state index < -0.39 is 42.1 Å². The van der Waals surface area contributed by atoms with Crippen molar-refractivity contribution in [2.24, 2.45) is 0 Å². The molecule has 0 unspecified atom stereocenters. The van der Waals surface area contributed by atoms with Gasteiger partial charge in [0.15, 0.2) is 0 Å². The maximum atomic E-state index is 14.8. The number of carbonyl (C=O) groups is 1. The normalized spacial score (nSPS) is 11.3. The first-order chi connectivity index (χ1) is 21.7. The number of anilines is 1. The van der Waals surface area contributed by atoms with Gasteiger partial charge in [0.1, 0.15) is 16.5 Å². The number of rotatable bonds is 11. The number of aromatic nitrogens is 3. The van der Waals surface area contributed by atoms with Crippen LogP contribution in [0.15, 0.2) is 76.4 Å². The van der Waals surface area contributed by atoms with Gasteiger partial charge in [0.05, 0.1) is 37.9 Å². The van der Waals surface area contributed by atoms with Crippen molar-refractivity contribution in [1.82, 2.24) is 24.5 Å². The zero-order valence-electron chi connectivity index (χ0n) is 24.4. The second kappa shape index (κ2) is 13.9. The fourth-order valence-electron chi connectivity index (χ4n) is 5.03. The van der Waals surface area contributed by atoms with Crippen LogP contribution in [0.5, 0.6) is 0 Å². The first-order valence-electron chi connectivity index (χ1n) is 13.8. The molecule has 0 saturated heterocycles. The van der Waals surface area contributed by atoms with Gasteiger partial charge in [-0.15, -0.1) is 11.3 Å². The van der Waals surface area contributed by atoms with E-state index in [2.05, 4.69) is 20.6 Å². The molecule has 0 bridgehead atoms. The Morgan fingerprint density at radius 2 is 1.73 bits per heavy atom. The Kier molecular flexibility index (Phi) is 9.78. The summed E-state index contributed by atoms with van der Waals surface area (Å²) in [6, 6.07) is 15.3. The number of urea groups is 1. The molecule has 0 radical (unpaired) electrons. The van der Waals surface area contributed by atoms with Crippen LogP contribution in [0.3, 0.4) is 0 Å². The largest absolute Gasteiger partial charge is 0.395 e. The van der Waals surface area contributed by atoms with Crippen LogP contribution >= 0.6 is 11.3 Å². The van der Waals surface area contributed by atoms with Crippen molar-refractivity contribution in [2.45, 2.75) is 26.2 Å². The van der Waals surface area contributed by atoms with Crippen molar-refractivity contribution in [3.05, 3.63) is 116 Å². The molecule has 45 heavy (non-hydrogen) atoms. The quantitative estimate of drug-likeness (QED) is 0.187. The van der Waals surface area contributed by atoms with Gasteiger partial charge in [-0.3, -0.25) is 28.7 Å². The number of aliphatic hydroxyl groups excluding tert-OH is 1. The SMILES string of the molecule is CONC(=O)Nc1ccc(-c2sc3c(c2CN(C)Cc2ccccn2)c(=O)n(CCO)c(=O)n3Cc2c(F)cccc2F)cc1. The van der Waals surface area contributed by atoms with Gasteiger partial charge in [-0.05, 0) is 54.6 Å². The summed E-state index contributed by atoms with van der Waals surface area (Å²) >= 11 is 1.15. The molecule has 0 saturated carbocycles. The average molecular weight is 637 g/mol. The highest BCUT2D eigenvalue weighted by atomic mass is 32.1. The molecule has 11 nitrogen and oxygen atoms in total. The van der Waals surface area contributed by atoms with E-state index in [-0.39, 0.29) is 28.9 Å². The van der Waals surface area contributed by atoms with Crippen molar-refractivity contribution in [3.63, 3.8) is 0 Å².